The number of pyridine rings is 1. The van der Waals surface area contributed by atoms with Gasteiger partial charge in [-0.1, -0.05) is 6.07 Å². The molecular formula is C18H24N4O. The van der Waals surface area contributed by atoms with Crippen molar-refractivity contribution in [1.82, 2.24) is 19.9 Å². The van der Waals surface area contributed by atoms with E-state index in [0.717, 1.165) is 49.9 Å². The van der Waals surface area contributed by atoms with Gasteiger partial charge in [-0.15, -0.1) is 0 Å². The fraction of sp³-hybridized carbons (Fsp3) is 0.556. The first-order valence-electron chi connectivity index (χ1n) is 8.52. The van der Waals surface area contributed by atoms with Crippen molar-refractivity contribution < 1.29 is 4.74 Å². The molecule has 0 bridgehead atoms. The summed E-state index contributed by atoms with van der Waals surface area (Å²) in [5.74, 6) is 0.934. The largest absolute Gasteiger partial charge is 0.376 e. The minimum atomic E-state index is 0.283. The number of hydrogen-bond donors (Lipinski definition) is 1. The molecule has 2 aliphatic rings. The van der Waals surface area contributed by atoms with E-state index in [1.54, 1.807) is 0 Å². The van der Waals surface area contributed by atoms with E-state index in [1.807, 2.05) is 37.5 Å². The molecule has 4 rings (SSSR count). The molecule has 2 aliphatic heterocycles. The van der Waals surface area contributed by atoms with Crippen molar-refractivity contribution in [3.8, 4) is 11.5 Å². The van der Waals surface area contributed by atoms with Crippen LogP contribution in [0.4, 0.5) is 0 Å². The van der Waals surface area contributed by atoms with E-state index in [0.29, 0.717) is 5.41 Å². The van der Waals surface area contributed by atoms with Gasteiger partial charge in [-0.05, 0) is 56.8 Å². The topological polar surface area (TPSA) is 52.0 Å². The third-order valence-electron chi connectivity index (χ3n) is 5.18. The normalized spacial score (nSPS) is 23.4. The van der Waals surface area contributed by atoms with Gasteiger partial charge in [-0.25, -0.2) is 9.97 Å². The second-order valence-corrected chi connectivity index (χ2v) is 6.95. The summed E-state index contributed by atoms with van der Waals surface area (Å²) in [5.41, 5.74) is 2.35. The van der Waals surface area contributed by atoms with E-state index < -0.39 is 0 Å². The molecule has 2 fully saturated rings. The van der Waals surface area contributed by atoms with Crippen LogP contribution >= 0.6 is 0 Å². The summed E-state index contributed by atoms with van der Waals surface area (Å²) in [7, 11) is 0. The van der Waals surface area contributed by atoms with E-state index in [-0.39, 0.29) is 6.10 Å². The molecule has 1 unspecified atom stereocenters. The number of nitrogens with one attached hydrogen (secondary N) is 1. The van der Waals surface area contributed by atoms with E-state index in [2.05, 4.69) is 19.9 Å². The third kappa shape index (κ3) is 3.03. The van der Waals surface area contributed by atoms with Gasteiger partial charge in [0.1, 0.15) is 5.69 Å². The monoisotopic (exact) mass is 312 g/mol. The van der Waals surface area contributed by atoms with Crippen LogP contribution in [0.25, 0.3) is 11.5 Å². The van der Waals surface area contributed by atoms with Crippen LogP contribution < -0.4 is 5.32 Å². The van der Waals surface area contributed by atoms with Crippen molar-refractivity contribution in [1.29, 1.82) is 0 Å². The predicted molar refractivity (Wildman–Crippen MR) is 89.1 cm³/mol. The highest BCUT2D eigenvalue weighted by Crippen LogP contribution is 2.40. The van der Waals surface area contributed by atoms with Crippen LogP contribution in [-0.2, 0) is 11.3 Å². The zero-order valence-corrected chi connectivity index (χ0v) is 13.7. The van der Waals surface area contributed by atoms with Crippen LogP contribution in [0.15, 0.2) is 30.6 Å². The predicted octanol–water partition coefficient (Wildman–Crippen LogP) is 2.41. The molecule has 5 heteroatoms. The summed E-state index contributed by atoms with van der Waals surface area (Å²) in [6, 6.07) is 6.07. The SMILES string of the molecule is Cc1cccc(-c2nccn2CC2CC3(CCNCC3)CO2)n1. The summed E-state index contributed by atoms with van der Waals surface area (Å²) < 4.78 is 8.32. The van der Waals surface area contributed by atoms with Crippen molar-refractivity contribution in [2.75, 3.05) is 19.7 Å². The molecule has 23 heavy (non-hydrogen) atoms. The maximum Gasteiger partial charge on any atom is 0.158 e. The molecule has 0 saturated carbocycles. The molecule has 5 nitrogen and oxygen atoms in total. The van der Waals surface area contributed by atoms with Crippen molar-refractivity contribution in [3.63, 3.8) is 0 Å². The van der Waals surface area contributed by atoms with Gasteiger partial charge in [0.25, 0.3) is 0 Å². The van der Waals surface area contributed by atoms with Gasteiger partial charge >= 0.3 is 0 Å². The van der Waals surface area contributed by atoms with Crippen LogP contribution in [0.3, 0.4) is 0 Å². The molecule has 2 aromatic heterocycles. The third-order valence-corrected chi connectivity index (χ3v) is 5.18. The maximum absolute atomic E-state index is 6.14. The average Bonchev–Trinajstić information content (AvgIpc) is 3.16. The van der Waals surface area contributed by atoms with Crippen molar-refractivity contribution >= 4 is 0 Å². The summed E-state index contributed by atoms with van der Waals surface area (Å²) in [4.78, 5) is 9.11. The molecule has 2 aromatic rings. The first kappa shape index (κ1) is 14.8. The molecule has 1 atom stereocenters. The van der Waals surface area contributed by atoms with Gasteiger partial charge < -0.3 is 14.6 Å². The maximum atomic E-state index is 6.14. The lowest BCUT2D eigenvalue weighted by Crippen LogP contribution is -2.37. The highest BCUT2D eigenvalue weighted by molar-refractivity contribution is 5.49. The minimum Gasteiger partial charge on any atom is -0.376 e. The first-order chi connectivity index (χ1) is 11.2. The number of imidazole rings is 1. The molecule has 122 valence electrons. The van der Waals surface area contributed by atoms with Crippen molar-refractivity contribution in [2.24, 2.45) is 5.41 Å². The average molecular weight is 312 g/mol. The number of rotatable bonds is 3. The number of piperidine rings is 1. The highest BCUT2D eigenvalue weighted by Gasteiger charge is 2.40. The molecule has 0 aliphatic carbocycles. The molecule has 1 N–H and O–H groups in total. The van der Waals surface area contributed by atoms with Crippen molar-refractivity contribution in [2.45, 2.75) is 38.8 Å². The number of hydrogen-bond acceptors (Lipinski definition) is 4. The molecule has 0 aromatic carbocycles. The Balaban J connectivity index is 1.49. The molecule has 4 heterocycles. The second-order valence-electron chi connectivity index (χ2n) is 6.95. The van der Waals surface area contributed by atoms with Crippen molar-refractivity contribution in [3.05, 3.63) is 36.3 Å². The Hall–Kier alpha value is -1.72. The number of aryl methyl sites for hydroxylation is 1. The summed E-state index contributed by atoms with van der Waals surface area (Å²) >= 11 is 0. The van der Waals surface area contributed by atoms with Gasteiger partial charge in [0.2, 0.25) is 0 Å². The smallest absolute Gasteiger partial charge is 0.158 e. The van der Waals surface area contributed by atoms with Gasteiger partial charge in [-0.3, -0.25) is 0 Å². The van der Waals surface area contributed by atoms with Gasteiger partial charge in [0, 0.05) is 18.1 Å². The highest BCUT2D eigenvalue weighted by atomic mass is 16.5. The number of nitrogens with zero attached hydrogens (tertiary/aromatic N) is 3. The zero-order chi connectivity index (χ0) is 15.7. The number of ether oxygens (including phenoxy) is 1. The Morgan fingerprint density at radius 3 is 3.04 bits per heavy atom. The fourth-order valence-electron chi connectivity index (χ4n) is 3.89. The zero-order valence-electron chi connectivity index (χ0n) is 13.7. The van der Waals surface area contributed by atoms with E-state index in [9.17, 15) is 0 Å². The Kier molecular flexibility index (Phi) is 3.91. The Bertz CT molecular complexity index is 675. The van der Waals surface area contributed by atoms with Crippen LogP contribution in [-0.4, -0.2) is 40.3 Å². The molecule has 0 amide bonds. The molecule has 0 radical (unpaired) electrons. The van der Waals surface area contributed by atoms with Gasteiger partial charge in [-0.2, -0.15) is 0 Å². The lowest BCUT2D eigenvalue weighted by atomic mass is 9.77. The number of aromatic nitrogens is 3. The van der Waals surface area contributed by atoms with Crippen LogP contribution in [0, 0.1) is 12.3 Å². The van der Waals surface area contributed by atoms with E-state index in [4.69, 9.17) is 4.74 Å². The van der Waals surface area contributed by atoms with Crippen LogP contribution in [0.5, 0.6) is 0 Å². The summed E-state index contributed by atoms with van der Waals surface area (Å²) in [5, 5.41) is 3.45. The minimum absolute atomic E-state index is 0.283. The molecule has 1 spiro atoms. The quantitative estimate of drug-likeness (QED) is 0.945. The fourth-order valence-corrected chi connectivity index (χ4v) is 3.89. The van der Waals surface area contributed by atoms with Gasteiger partial charge in [0.15, 0.2) is 5.82 Å². The van der Waals surface area contributed by atoms with Crippen LogP contribution in [0.1, 0.15) is 25.0 Å². The van der Waals surface area contributed by atoms with Crippen LogP contribution in [0.2, 0.25) is 0 Å². The lowest BCUT2D eigenvalue weighted by molar-refractivity contribution is 0.0777. The first-order valence-corrected chi connectivity index (χ1v) is 8.52. The Labute approximate surface area is 137 Å². The lowest BCUT2D eigenvalue weighted by Gasteiger charge is -2.32. The summed E-state index contributed by atoms with van der Waals surface area (Å²) in [6.07, 6.45) is 7.81. The van der Waals surface area contributed by atoms with E-state index >= 15 is 0 Å². The summed E-state index contributed by atoms with van der Waals surface area (Å²) in [6.45, 7) is 6.03. The standard InChI is InChI=1S/C18H24N4O/c1-14-3-2-4-16(21-14)17-20-9-10-22(17)12-15-11-18(13-23-15)5-7-19-8-6-18/h2-4,9-10,15,19H,5-8,11-13H2,1H3. The van der Waals surface area contributed by atoms with Gasteiger partial charge in [0.05, 0.1) is 19.3 Å². The second kappa shape index (κ2) is 6.06. The van der Waals surface area contributed by atoms with E-state index in [1.165, 1.54) is 12.8 Å². The molecular weight excluding hydrogens is 288 g/mol. The Morgan fingerprint density at radius 2 is 2.22 bits per heavy atom. The Morgan fingerprint density at radius 1 is 1.35 bits per heavy atom. The molecule has 2 saturated heterocycles.